The van der Waals surface area contributed by atoms with Crippen LogP contribution in [0.1, 0.15) is 18.2 Å². The van der Waals surface area contributed by atoms with E-state index < -0.39 is 12.8 Å². The van der Waals surface area contributed by atoms with Crippen LogP contribution in [0.2, 0.25) is 0 Å². The summed E-state index contributed by atoms with van der Waals surface area (Å²) in [6.07, 6.45) is -0.585. The largest absolute Gasteiger partial charge is 0.468 e. The molecule has 2 aromatic rings. The lowest BCUT2D eigenvalue weighted by atomic mass is 10.1. The molecule has 1 N–H and O–H groups in total. The molecule has 0 aromatic carbocycles. The molecule has 2 aromatic heterocycles. The predicted octanol–water partition coefficient (Wildman–Crippen LogP) is 3.05. The SMILES string of the molecule is CCc1cnc(OCC(F)(F)F)c2cnc(C)cc12.CO. The maximum absolute atomic E-state index is 12.2. The second-order valence-electron chi connectivity index (χ2n) is 4.22. The van der Waals surface area contributed by atoms with Crippen molar-refractivity contribution in [2.24, 2.45) is 0 Å². The van der Waals surface area contributed by atoms with E-state index in [2.05, 4.69) is 9.97 Å². The third kappa shape index (κ3) is 4.56. The predicted molar refractivity (Wildman–Crippen MR) is 73.3 cm³/mol. The van der Waals surface area contributed by atoms with E-state index in [0.29, 0.717) is 5.39 Å². The lowest BCUT2D eigenvalue weighted by Crippen LogP contribution is -2.19. The first kappa shape index (κ1) is 17.2. The van der Waals surface area contributed by atoms with Crippen molar-refractivity contribution in [1.29, 1.82) is 0 Å². The highest BCUT2D eigenvalue weighted by Crippen LogP contribution is 2.27. The van der Waals surface area contributed by atoms with Gasteiger partial charge in [0.2, 0.25) is 5.88 Å². The molecule has 2 heterocycles. The molecule has 0 unspecified atom stereocenters. The van der Waals surface area contributed by atoms with Gasteiger partial charge in [-0.2, -0.15) is 13.2 Å². The van der Waals surface area contributed by atoms with E-state index in [4.69, 9.17) is 9.84 Å². The minimum absolute atomic E-state index is 0.0305. The van der Waals surface area contributed by atoms with E-state index in [1.165, 1.54) is 6.20 Å². The Morgan fingerprint density at radius 1 is 1.14 bits per heavy atom. The first-order valence-electron chi connectivity index (χ1n) is 6.29. The van der Waals surface area contributed by atoms with Gasteiger partial charge in [0.25, 0.3) is 0 Å². The monoisotopic (exact) mass is 302 g/mol. The average Bonchev–Trinajstić information content (AvgIpc) is 2.45. The highest BCUT2D eigenvalue weighted by Gasteiger charge is 2.29. The normalized spacial score (nSPS) is 11.0. The summed E-state index contributed by atoms with van der Waals surface area (Å²) in [7, 11) is 1.00. The van der Waals surface area contributed by atoms with Crippen LogP contribution in [0, 0.1) is 6.92 Å². The molecule has 0 aliphatic heterocycles. The van der Waals surface area contributed by atoms with Crippen LogP contribution in [0.15, 0.2) is 18.5 Å². The fourth-order valence-electron chi connectivity index (χ4n) is 1.82. The van der Waals surface area contributed by atoms with Gasteiger partial charge in [-0.25, -0.2) is 4.98 Å². The van der Waals surface area contributed by atoms with Gasteiger partial charge in [0.05, 0.1) is 5.39 Å². The van der Waals surface area contributed by atoms with Crippen LogP contribution >= 0.6 is 0 Å². The van der Waals surface area contributed by atoms with Gasteiger partial charge in [-0.3, -0.25) is 4.98 Å². The molecule has 0 aliphatic rings. The molecule has 0 fully saturated rings. The zero-order chi connectivity index (χ0) is 16.0. The quantitative estimate of drug-likeness (QED) is 0.947. The number of nitrogens with zero attached hydrogens (tertiary/aromatic N) is 2. The van der Waals surface area contributed by atoms with Gasteiger partial charge in [-0.05, 0) is 30.4 Å². The fourth-order valence-corrected chi connectivity index (χ4v) is 1.82. The van der Waals surface area contributed by atoms with E-state index in [1.54, 1.807) is 6.20 Å². The highest BCUT2D eigenvalue weighted by atomic mass is 19.4. The van der Waals surface area contributed by atoms with Gasteiger partial charge in [0, 0.05) is 25.2 Å². The number of alkyl halides is 3. The van der Waals surface area contributed by atoms with E-state index in [1.807, 2.05) is 19.9 Å². The van der Waals surface area contributed by atoms with Crippen molar-refractivity contribution in [2.45, 2.75) is 26.4 Å². The van der Waals surface area contributed by atoms with Crippen molar-refractivity contribution in [3.63, 3.8) is 0 Å². The second kappa shape index (κ2) is 7.21. The smallest absolute Gasteiger partial charge is 0.422 e. The van der Waals surface area contributed by atoms with Gasteiger partial charge in [0.15, 0.2) is 6.61 Å². The molecule has 0 atom stereocenters. The molecule has 116 valence electrons. The van der Waals surface area contributed by atoms with Crippen LogP contribution in [0.4, 0.5) is 13.2 Å². The van der Waals surface area contributed by atoms with E-state index in [0.717, 1.165) is 30.2 Å². The number of hydrogen-bond donors (Lipinski definition) is 1. The van der Waals surface area contributed by atoms with Crippen LogP contribution in [0.25, 0.3) is 10.8 Å². The summed E-state index contributed by atoms with van der Waals surface area (Å²) < 4.78 is 41.3. The zero-order valence-electron chi connectivity index (χ0n) is 12.0. The fraction of sp³-hybridized carbons (Fsp3) is 0.429. The van der Waals surface area contributed by atoms with Crippen molar-refractivity contribution in [1.82, 2.24) is 9.97 Å². The molecule has 7 heteroatoms. The van der Waals surface area contributed by atoms with E-state index in [9.17, 15) is 13.2 Å². The molecule has 0 amide bonds. The number of aliphatic hydroxyl groups excluding tert-OH is 1. The second-order valence-corrected chi connectivity index (χ2v) is 4.22. The van der Waals surface area contributed by atoms with Crippen molar-refractivity contribution in [3.05, 3.63) is 29.7 Å². The minimum atomic E-state index is -4.38. The van der Waals surface area contributed by atoms with Crippen LogP contribution in [-0.2, 0) is 6.42 Å². The summed E-state index contributed by atoms with van der Waals surface area (Å²) >= 11 is 0. The molecule has 0 saturated carbocycles. The van der Waals surface area contributed by atoms with Gasteiger partial charge in [0.1, 0.15) is 0 Å². The first-order chi connectivity index (χ1) is 9.90. The van der Waals surface area contributed by atoms with Crippen molar-refractivity contribution >= 4 is 10.8 Å². The average molecular weight is 302 g/mol. The van der Waals surface area contributed by atoms with Gasteiger partial charge < -0.3 is 9.84 Å². The molecule has 4 nitrogen and oxygen atoms in total. The standard InChI is InChI=1S/C13H13F3N2O.CH4O/c1-3-9-5-18-12(19-7-13(14,15)16)11-6-17-8(2)4-10(9)11;1-2/h4-6H,3,7H2,1-2H3;2H,1H3. The Morgan fingerprint density at radius 3 is 2.38 bits per heavy atom. The number of aryl methyl sites for hydroxylation is 2. The number of halogens is 3. The van der Waals surface area contributed by atoms with Crippen LogP contribution in [0.5, 0.6) is 5.88 Å². The summed E-state index contributed by atoms with van der Waals surface area (Å²) in [6.45, 7) is 2.44. The summed E-state index contributed by atoms with van der Waals surface area (Å²) in [6, 6.07) is 1.83. The van der Waals surface area contributed by atoms with Gasteiger partial charge >= 0.3 is 6.18 Å². The maximum Gasteiger partial charge on any atom is 0.422 e. The minimum Gasteiger partial charge on any atom is -0.468 e. The number of hydrogen-bond acceptors (Lipinski definition) is 4. The Kier molecular flexibility index (Phi) is 5.90. The number of ether oxygens (including phenoxy) is 1. The third-order valence-corrected chi connectivity index (χ3v) is 2.71. The van der Waals surface area contributed by atoms with Crippen molar-refractivity contribution in [2.75, 3.05) is 13.7 Å². The van der Waals surface area contributed by atoms with Crippen LogP contribution in [-0.4, -0.2) is 35.0 Å². The Morgan fingerprint density at radius 2 is 1.81 bits per heavy atom. The maximum atomic E-state index is 12.2. The van der Waals surface area contributed by atoms with E-state index in [-0.39, 0.29) is 5.88 Å². The van der Waals surface area contributed by atoms with Crippen molar-refractivity contribution in [3.8, 4) is 5.88 Å². The van der Waals surface area contributed by atoms with Gasteiger partial charge in [-0.15, -0.1) is 0 Å². The molecule has 0 saturated heterocycles. The Bertz CT molecular complexity index is 601. The Labute approximate surface area is 120 Å². The van der Waals surface area contributed by atoms with Crippen LogP contribution < -0.4 is 4.74 Å². The summed E-state index contributed by atoms with van der Waals surface area (Å²) in [5.41, 5.74) is 1.76. The number of pyridine rings is 2. The summed E-state index contributed by atoms with van der Waals surface area (Å²) in [5, 5.41) is 8.34. The van der Waals surface area contributed by atoms with E-state index >= 15 is 0 Å². The lowest BCUT2D eigenvalue weighted by Gasteiger charge is -2.12. The molecular formula is C14H17F3N2O2. The molecule has 0 aliphatic carbocycles. The zero-order valence-corrected chi connectivity index (χ0v) is 12.0. The van der Waals surface area contributed by atoms with Gasteiger partial charge in [-0.1, -0.05) is 6.92 Å². The molecular weight excluding hydrogens is 285 g/mol. The summed E-state index contributed by atoms with van der Waals surface area (Å²) in [4.78, 5) is 8.03. The topological polar surface area (TPSA) is 55.2 Å². The van der Waals surface area contributed by atoms with Crippen molar-refractivity contribution < 1.29 is 23.0 Å². The Balaban J connectivity index is 0.00000106. The van der Waals surface area contributed by atoms with Crippen LogP contribution in [0.3, 0.4) is 0 Å². The number of aromatic nitrogens is 2. The summed E-state index contributed by atoms with van der Waals surface area (Å²) in [5.74, 6) is -0.0305. The molecule has 2 rings (SSSR count). The molecule has 0 radical (unpaired) electrons. The number of fused-ring (bicyclic) bond motifs is 1. The number of aliphatic hydroxyl groups is 1. The lowest BCUT2D eigenvalue weighted by molar-refractivity contribution is -0.153. The molecule has 0 bridgehead atoms. The highest BCUT2D eigenvalue weighted by molar-refractivity contribution is 5.89. The molecule has 21 heavy (non-hydrogen) atoms. The number of rotatable bonds is 3. The molecule has 0 spiro atoms. The first-order valence-corrected chi connectivity index (χ1v) is 6.29. The third-order valence-electron chi connectivity index (χ3n) is 2.71. The Hall–Kier alpha value is -1.89.